The Morgan fingerprint density at radius 3 is 2.48 bits per heavy atom. The lowest BCUT2D eigenvalue weighted by molar-refractivity contribution is 0.209. The molecule has 7 heteroatoms. The van der Waals surface area contributed by atoms with Crippen molar-refractivity contribution >= 4 is 0 Å². The fourth-order valence-corrected chi connectivity index (χ4v) is 3.81. The third kappa shape index (κ3) is 4.05. The van der Waals surface area contributed by atoms with Gasteiger partial charge in [0.25, 0.3) is 0 Å². The van der Waals surface area contributed by atoms with E-state index in [2.05, 4.69) is 21.1 Å². The van der Waals surface area contributed by atoms with E-state index in [9.17, 15) is 0 Å². The second-order valence-electron chi connectivity index (χ2n) is 6.98. The molecule has 0 N–H and O–H groups in total. The van der Waals surface area contributed by atoms with Gasteiger partial charge >= 0.3 is 0 Å². The van der Waals surface area contributed by atoms with Crippen LogP contribution in [-0.4, -0.2) is 42.9 Å². The van der Waals surface area contributed by atoms with Crippen molar-refractivity contribution < 1.29 is 18.7 Å². The Kier molecular flexibility index (Phi) is 5.67. The topological polar surface area (TPSA) is 69.9 Å². The molecule has 2 heterocycles. The zero-order valence-corrected chi connectivity index (χ0v) is 16.9. The highest BCUT2D eigenvalue weighted by Gasteiger charge is 2.30. The van der Waals surface area contributed by atoms with Gasteiger partial charge in [0, 0.05) is 23.2 Å². The quantitative estimate of drug-likeness (QED) is 0.596. The van der Waals surface area contributed by atoms with E-state index in [1.165, 1.54) is 0 Å². The number of aromatic nitrogens is 2. The van der Waals surface area contributed by atoms with E-state index in [0.717, 1.165) is 47.8 Å². The van der Waals surface area contributed by atoms with Crippen molar-refractivity contribution in [2.45, 2.75) is 25.4 Å². The Hall–Kier alpha value is -3.06. The van der Waals surface area contributed by atoms with Crippen LogP contribution >= 0.6 is 0 Å². The standard InChI is InChI=1S/C22H25N3O4/c1-26-16-8-6-15(7-9-16)22-23-21(29-24-22)14-25-12-4-5-19(25)18-11-10-17(27-2)13-20(18)28-3/h6-11,13,19H,4-5,12,14H2,1-3H3. The van der Waals surface area contributed by atoms with Crippen molar-refractivity contribution in [1.82, 2.24) is 15.0 Å². The van der Waals surface area contributed by atoms with Crippen LogP contribution in [0.4, 0.5) is 0 Å². The first-order valence-corrected chi connectivity index (χ1v) is 9.65. The van der Waals surface area contributed by atoms with E-state index in [0.29, 0.717) is 18.3 Å². The van der Waals surface area contributed by atoms with Crippen LogP contribution in [0.25, 0.3) is 11.4 Å². The predicted molar refractivity (Wildman–Crippen MR) is 108 cm³/mol. The molecule has 7 nitrogen and oxygen atoms in total. The Balaban J connectivity index is 1.51. The van der Waals surface area contributed by atoms with Crippen molar-refractivity contribution in [2.75, 3.05) is 27.9 Å². The molecule has 152 valence electrons. The van der Waals surface area contributed by atoms with Gasteiger partial charge in [0.2, 0.25) is 11.7 Å². The number of likely N-dealkylation sites (tertiary alicyclic amines) is 1. The molecule has 0 radical (unpaired) electrons. The molecule has 0 spiro atoms. The molecule has 1 atom stereocenters. The molecule has 4 rings (SSSR count). The van der Waals surface area contributed by atoms with Gasteiger partial charge < -0.3 is 18.7 Å². The molecule has 0 amide bonds. The summed E-state index contributed by atoms with van der Waals surface area (Å²) in [6, 6.07) is 13.9. The molecule has 1 aromatic heterocycles. The van der Waals surface area contributed by atoms with Gasteiger partial charge in [0.05, 0.1) is 27.9 Å². The van der Waals surface area contributed by atoms with Crippen LogP contribution in [0.15, 0.2) is 47.0 Å². The van der Waals surface area contributed by atoms with Crippen LogP contribution in [0.1, 0.15) is 30.3 Å². The van der Waals surface area contributed by atoms with Crippen LogP contribution < -0.4 is 14.2 Å². The first-order valence-electron chi connectivity index (χ1n) is 9.65. The Morgan fingerprint density at radius 2 is 1.76 bits per heavy atom. The number of methoxy groups -OCH3 is 3. The minimum Gasteiger partial charge on any atom is -0.497 e. The zero-order chi connectivity index (χ0) is 20.2. The summed E-state index contributed by atoms with van der Waals surface area (Å²) in [7, 11) is 4.99. The summed E-state index contributed by atoms with van der Waals surface area (Å²) in [5, 5.41) is 4.14. The lowest BCUT2D eigenvalue weighted by atomic mass is 10.0. The number of benzene rings is 2. The van der Waals surface area contributed by atoms with Crippen molar-refractivity contribution in [2.24, 2.45) is 0 Å². The summed E-state index contributed by atoms with van der Waals surface area (Å²) in [5.41, 5.74) is 2.05. The second-order valence-corrected chi connectivity index (χ2v) is 6.98. The summed E-state index contributed by atoms with van der Waals surface area (Å²) in [6.45, 7) is 1.57. The van der Waals surface area contributed by atoms with Crippen LogP contribution in [0.3, 0.4) is 0 Å². The molecule has 1 aliphatic heterocycles. The molecule has 0 aliphatic carbocycles. The highest BCUT2D eigenvalue weighted by atomic mass is 16.5. The molecule has 1 unspecified atom stereocenters. The van der Waals surface area contributed by atoms with Crippen molar-refractivity contribution in [3.05, 3.63) is 53.9 Å². The van der Waals surface area contributed by atoms with Gasteiger partial charge in [0.15, 0.2) is 0 Å². The van der Waals surface area contributed by atoms with Crippen molar-refractivity contribution in [1.29, 1.82) is 0 Å². The zero-order valence-electron chi connectivity index (χ0n) is 16.9. The fraction of sp³-hybridized carbons (Fsp3) is 0.364. The van der Waals surface area contributed by atoms with Gasteiger partial charge in [-0.25, -0.2) is 0 Å². The summed E-state index contributed by atoms with van der Waals surface area (Å²) in [4.78, 5) is 6.94. The maximum atomic E-state index is 5.61. The average Bonchev–Trinajstić information content (AvgIpc) is 3.43. The van der Waals surface area contributed by atoms with Gasteiger partial charge in [-0.15, -0.1) is 0 Å². The van der Waals surface area contributed by atoms with E-state index < -0.39 is 0 Å². The maximum absolute atomic E-state index is 5.61. The number of rotatable bonds is 7. The monoisotopic (exact) mass is 395 g/mol. The summed E-state index contributed by atoms with van der Waals surface area (Å²) < 4.78 is 21.7. The normalized spacial score (nSPS) is 16.7. The molecule has 1 saturated heterocycles. The summed E-state index contributed by atoms with van der Waals surface area (Å²) >= 11 is 0. The number of nitrogens with zero attached hydrogens (tertiary/aromatic N) is 3. The van der Waals surface area contributed by atoms with E-state index >= 15 is 0 Å². The number of hydrogen-bond donors (Lipinski definition) is 0. The van der Waals surface area contributed by atoms with Gasteiger partial charge in [0.1, 0.15) is 17.2 Å². The number of hydrogen-bond acceptors (Lipinski definition) is 7. The molecular weight excluding hydrogens is 370 g/mol. The van der Waals surface area contributed by atoms with Crippen molar-refractivity contribution in [3.8, 4) is 28.6 Å². The lowest BCUT2D eigenvalue weighted by Crippen LogP contribution is -2.23. The Labute approximate surface area is 170 Å². The SMILES string of the molecule is COc1ccc(-c2noc(CN3CCCC3c3ccc(OC)cc3OC)n2)cc1. The third-order valence-corrected chi connectivity index (χ3v) is 5.32. The molecule has 0 bridgehead atoms. The van der Waals surface area contributed by atoms with E-state index in [-0.39, 0.29) is 6.04 Å². The minimum absolute atomic E-state index is 0.243. The van der Waals surface area contributed by atoms with Gasteiger partial charge in [-0.1, -0.05) is 11.2 Å². The summed E-state index contributed by atoms with van der Waals surface area (Å²) in [6.07, 6.45) is 2.17. The molecule has 29 heavy (non-hydrogen) atoms. The Morgan fingerprint density at radius 1 is 1.00 bits per heavy atom. The fourth-order valence-electron chi connectivity index (χ4n) is 3.81. The lowest BCUT2D eigenvalue weighted by Gasteiger charge is -2.25. The smallest absolute Gasteiger partial charge is 0.241 e. The molecule has 2 aromatic carbocycles. The molecule has 0 saturated carbocycles. The molecule has 1 fully saturated rings. The maximum Gasteiger partial charge on any atom is 0.241 e. The highest BCUT2D eigenvalue weighted by molar-refractivity contribution is 5.55. The predicted octanol–water partition coefficient (Wildman–Crippen LogP) is 4.10. The average molecular weight is 395 g/mol. The first-order chi connectivity index (χ1) is 14.2. The molecule has 1 aliphatic rings. The van der Waals surface area contributed by atoms with Crippen LogP contribution in [0.5, 0.6) is 17.2 Å². The van der Waals surface area contributed by atoms with Crippen LogP contribution in [0, 0.1) is 0 Å². The van der Waals surface area contributed by atoms with Crippen LogP contribution in [-0.2, 0) is 6.54 Å². The van der Waals surface area contributed by atoms with Gasteiger partial charge in [-0.05, 0) is 49.7 Å². The third-order valence-electron chi connectivity index (χ3n) is 5.32. The molecule has 3 aromatic rings. The Bertz CT molecular complexity index is 955. The van der Waals surface area contributed by atoms with Gasteiger partial charge in [-0.2, -0.15) is 4.98 Å². The molecular formula is C22H25N3O4. The van der Waals surface area contributed by atoms with Crippen molar-refractivity contribution in [3.63, 3.8) is 0 Å². The second kappa shape index (κ2) is 8.53. The highest BCUT2D eigenvalue weighted by Crippen LogP contribution is 2.39. The van der Waals surface area contributed by atoms with Crippen LogP contribution in [0.2, 0.25) is 0 Å². The van der Waals surface area contributed by atoms with E-state index in [1.54, 1.807) is 21.3 Å². The van der Waals surface area contributed by atoms with Gasteiger partial charge in [-0.3, -0.25) is 4.90 Å². The summed E-state index contributed by atoms with van der Waals surface area (Å²) in [5.74, 6) is 3.61. The van der Waals surface area contributed by atoms with E-state index in [4.69, 9.17) is 18.7 Å². The minimum atomic E-state index is 0.243. The van der Waals surface area contributed by atoms with E-state index in [1.807, 2.05) is 36.4 Å². The largest absolute Gasteiger partial charge is 0.497 e. The number of ether oxygens (including phenoxy) is 3. The first kappa shape index (κ1) is 19.3.